The van der Waals surface area contributed by atoms with E-state index in [9.17, 15) is 14.4 Å². The highest BCUT2D eigenvalue weighted by molar-refractivity contribution is 7.18. The van der Waals surface area contributed by atoms with Crippen LogP contribution < -0.4 is 5.32 Å². The lowest BCUT2D eigenvalue weighted by Gasteiger charge is -2.25. The number of amides is 1. The van der Waals surface area contributed by atoms with Crippen LogP contribution in [0.15, 0.2) is 24.3 Å². The molecule has 30 heavy (non-hydrogen) atoms. The SMILES string of the molecule is CC(=O)OC(C(=O)NC(C)CCCC(C)C)C(OC(C)=O)c1nc2ccccc2s1. The Labute approximate surface area is 181 Å². The number of aromatic nitrogens is 1. The molecule has 3 unspecified atom stereocenters. The normalized spacial score (nSPS) is 14.2. The van der Waals surface area contributed by atoms with Crippen LogP contribution in [0.4, 0.5) is 0 Å². The largest absolute Gasteiger partial charge is 0.451 e. The standard InChI is InChI=1S/C22H30N2O5S/c1-13(2)9-8-10-14(3)23-21(27)19(28-15(4)25)20(29-16(5)26)22-24-17-11-6-7-12-18(17)30-22/h6-7,11-14,19-20H,8-10H2,1-5H3,(H,23,27). The average molecular weight is 435 g/mol. The number of rotatable bonds is 10. The van der Waals surface area contributed by atoms with Crippen molar-refractivity contribution in [2.24, 2.45) is 5.92 Å². The Hall–Kier alpha value is -2.48. The molecule has 1 N–H and O–H groups in total. The van der Waals surface area contributed by atoms with Crippen LogP contribution in [0, 0.1) is 5.92 Å². The number of carbonyl (C=O) groups is 3. The number of hydrogen-bond acceptors (Lipinski definition) is 7. The van der Waals surface area contributed by atoms with Crippen molar-refractivity contribution in [2.75, 3.05) is 0 Å². The van der Waals surface area contributed by atoms with Crippen molar-refractivity contribution in [3.63, 3.8) is 0 Å². The van der Waals surface area contributed by atoms with Gasteiger partial charge in [-0.1, -0.05) is 38.8 Å². The minimum absolute atomic E-state index is 0.109. The highest BCUT2D eigenvalue weighted by Gasteiger charge is 2.38. The maximum Gasteiger partial charge on any atom is 0.303 e. The van der Waals surface area contributed by atoms with Gasteiger partial charge in [0.1, 0.15) is 5.01 Å². The fraction of sp³-hybridized carbons (Fsp3) is 0.545. The second-order valence-electron chi connectivity index (χ2n) is 7.81. The molecule has 0 aliphatic rings. The predicted molar refractivity (Wildman–Crippen MR) is 116 cm³/mol. The van der Waals surface area contributed by atoms with E-state index in [0.717, 1.165) is 29.5 Å². The number of fused-ring (bicyclic) bond motifs is 1. The summed E-state index contributed by atoms with van der Waals surface area (Å²) in [6.45, 7) is 8.68. The van der Waals surface area contributed by atoms with Gasteiger partial charge in [-0.25, -0.2) is 4.98 Å². The van der Waals surface area contributed by atoms with Gasteiger partial charge in [-0.15, -0.1) is 11.3 Å². The van der Waals surface area contributed by atoms with Gasteiger partial charge in [0, 0.05) is 19.9 Å². The van der Waals surface area contributed by atoms with Crippen LogP contribution in [0.25, 0.3) is 10.2 Å². The van der Waals surface area contributed by atoms with E-state index in [2.05, 4.69) is 24.1 Å². The van der Waals surface area contributed by atoms with E-state index in [0.29, 0.717) is 10.9 Å². The molecule has 1 amide bonds. The van der Waals surface area contributed by atoms with Gasteiger partial charge in [0.15, 0.2) is 6.10 Å². The number of esters is 2. The van der Waals surface area contributed by atoms with Gasteiger partial charge in [-0.05, 0) is 31.4 Å². The molecule has 3 atom stereocenters. The van der Waals surface area contributed by atoms with E-state index in [4.69, 9.17) is 9.47 Å². The topological polar surface area (TPSA) is 94.6 Å². The van der Waals surface area contributed by atoms with Gasteiger partial charge in [0.2, 0.25) is 6.10 Å². The summed E-state index contributed by atoms with van der Waals surface area (Å²) in [5.41, 5.74) is 0.721. The summed E-state index contributed by atoms with van der Waals surface area (Å²) in [6.07, 6.45) is 0.403. The zero-order chi connectivity index (χ0) is 22.3. The van der Waals surface area contributed by atoms with E-state index < -0.39 is 30.1 Å². The first-order valence-electron chi connectivity index (χ1n) is 10.2. The molecular weight excluding hydrogens is 404 g/mol. The van der Waals surface area contributed by atoms with Crippen LogP contribution in [0.3, 0.4) is 0 Å². The zero-order valence-corrected chi connectivity index (χ0v) is 19.0. The first-order valence-corrected chi connectivity index (χ1v) is 11.0. The van der Waals surface area contributed by atoms with Gasteiger partial charge in [0.05, 0.1) is 10.2 Å². The maximum absolute atomic E-state index is 13.0. The van der Waals surface area contributed by atoms with Crippen LogP contribution in [-0.2, 0) is 23.9 Å². The number of ether oxygens (including phenoxy) is 2. The summed E-state index contributed by atoms with van der Waals surface area (Å²) in [4.78, 5) is 41.0. The summed E-state index contributed by atoms with van der Waals surface area (Å²) >= 11 is 1.30. The van der Waals surface area contributed by atoms with E-state index in [1.807, 2.05) is 31.2 Å². The summed E-state index contributed by atoms with van der Waals surface area (Å²) in [5.74, 6) is -1.14. The summed E-state index contributed by atoms with van der Waals surface area (Å²) < 4.78 is 11.6. The van der Waals surface area contributed by atoms with Crippen molar-refractivity contribution < 1.29 is 23.9 Å². The van der Waals surface area contributed by atoms with Crippen molar-refractivity contribution in [1.29, 1.82) is 0 Å². The fourth-order valence-electron chi connectivity index (χ4n) is 3.09. The van der Waals surface area contributed by atoms with E-state index in [1.54, 1.807) is 0 Å². The smallest absolute Gasteiger partial charge is 0.303 e. The van der Waals surface area contributed by atoms with Gasteiger partial charge in [-0.2, -0.15) is 0 Å². The lowest BCUT2D eigenvalue weighted by molar-refractivity contribution is -0.171. The molecule has 0 fully saturated rings. The number of para-hydroxylation sites is 1. The van der Waals surface area contributed by atoms with Gasteiger partial charge in [-0.3, -0.25) is 14.4 Å². The maximum atomic E-state index is 13.0. The van der Waals surface area contributed by atoms with Crippen molar-refractivity contribution >= 4 is 39.4 Å². The fourth-order valence-corrected chi connectivity index (χ4v) is 4.12. The highest BCUT2D eigenvalue weighted by atomic mass is 32.1. The predicted octanol–water partition coefficient (Wildman–Crippen LogP) is 4.16. The number of benzene rings is 1. The molecule has 8 heteroatoms. The molecule has 0 saturated carbocycles. The van der Waals surface area contributed by atoms with Crippen LogP contribution in [0.2, 0.25) is 0 Å². The molecule has 1 aromatic carbocycles. The van der Waals surface area contributed by atoms with Gasteiger partial charge < -0.3 is 14.8 Å². The van der Waals surface area contributed by atoms with Crippen molar-refractivity contribution in [3.05, 3.63) is 29.3 Å². The molecule has 164 valence electrons. The average Bonchev–Trinajstić information content (AvgIpc) is 3.07. The van der Waals surface area contributed by atoms with E-state index in [1.165, 1.54) is 25.2 Å². The number of thiazole rings is 1. The van der Waals surface area contributed by atoms with Crippen molar-refractivity contribution in [2.45, 2.75) is 72.1 Å². The first kappa shape index (κ1) is 23.8. The van der Waals surface area contributed by atoms with Crippen LogP contribution in [-0.4, -0.2) is 35.0 Å². The quantitative estimate of drug-likeness (QED) is 0.564. The summed E-state index contributed by atoms with van der Waals surface area (Å²) in [5, 5.41) is 3.29. The number of nitrogens with zero attached hydrogens (tertiary/aromatic N) is 1. The van der Waals surface area contributed by atoms with Crippen molar-refractivity contribution in [3.8, 4) is 0 Å². The minimum Gasteiger partial charge on any atom is -0.451 e. The molecule has 1 aromatic heterocycles. The van der Waals surface area contributed by atoms with Crippen LogP contribution in [0.5, 0.6) is 0 Å². The molecule has 7 nitrogen and oxygen atoms in total. The number of hydrogen-bond donors (Lipinski definition) is 1. The second kappa shape index (κ2) is 11.1. The van der Waals surface area contributed by atoms with Gasteiger partial charge in [0.25, 0.3) is 5.91 Å². The molecule has 0 aliphatic heterocycles. The zero-order valence-electron chi connectivity index (χ0n) is 18.1. The van der Waals surface area contributed by atoms with Crippen molar-refractivity contribution in [1.82, 2.24) is 10.3 Å². The third-order valence-electron chi connectivity index (χ3n) is 4.48. The molecule has 1 heterocycles. The lowest BCUT2D eigenvalue weighted by atomic mass is 10.0. The monoisotopic (exact) mass is 434 g/mol. The van der Waals surface area contributed by atoms with Gasteiger partial charge >= 0.3 is 11.9 Å². The molecule has 0 saturated heterocycles. The Morgan fingerprint density at radius 2 is 1.70 bits per heavy atom. The second-order valence-corrected chi connectivity index (χ2v) is 8.88. The molecular formula is C22H30N2O5S. The lowest BCUT2D eigenvalue weighted by Crippen LogP contribution is -2.45. The Kier molecular flexibility index (Phi) is 8.77. The summed E-state index contributed by atoms with van der Waals surface area (Å²) in [7, 11) is 0. The number of nitrogens with one attached hydrogen (secondary N) is 1. The van der Waals surface area contributed by atoms with E-state index in [-0.39, 0.29) is 6.04 Å². The molecule has 0 aliphatic carbocycles. The van der Waals surface area contributed by atoms with E-state index >= 15 is 0 Å². The first-order chi connectivity index (χ1) is 14.2. The number of carbonyl (C=O) groups excluding carboxylic acids is 3. The Morgan fingerprint density at radius 3 is 2.30 bits per heavy atom. The van der Waals surface area contributed by atoms with Crippen LogP contribution in [0.1, 0.15) is 65.0 Å². The highest BCUT2D eigenvalue weighted by Crippen LogP contribution is 2.32. The minimum atomic E-state index is -1.32. The third-order valence-corrected chi connectivity index (χ3v) is 5.58. The molecule has 0 bridgehead atoms. The Balaban J connectivity index is 2.25. The third kappa shape index (κ3) is 7.09. The molecule has 0 radical (unpaired) electrons. The summed E-state index contributed by atoms with van der Waals surface area (Å²) in [6, 6.07) is 7.33. The molecule has 2 rings (SSSR count). The molecule has 2 aromatic rings. The van der Waals surface area contributed by atoms with Crippen LogP contribution >= 0.6 is 11.3 Å². The molecule has 0 spiro atoms. The Morgan fingerprint density at radius 1 is 1.03 bits per heavy atom. The Bertz CT molecular complexity index is 846.